The monoisotopic (exact) mass is 300 g/mol. The predicted molar refractivity (Wildman–Crippen MR) is 83.7 cm³/mol. The minimum absolute atomic E-state index is 0.176. The molecule has 0 amide bonds. The van der Waals surface area contributed by atoms with Crippen molar-refractivity contribution in [1.29, 1.82) is 0 Å². The molecule has 1 atom stereocenters. The van der Waals surface area contributed by atoms with Gasteiger partial charge in [0.1, 0.15) is 12.9 Å². The van der Waals surface area contributed by atoms with E-state index in [1.54, 1.807) is 4.68 Å². The molecule has 3 rings (SSSR count). The summed E-state index contributed by atoms with van der Waals surface area (Å²) in [7, 11) is 0. The standard InChI is InChI=1S/C15H20N6O/c1-12-10-20(7-8-22-12)15(16)17-9-14-18-11-19-21(14)13-5-3-2-4-6-13/h2-6,11-12H,7-10H2,1H3,(H2,16,17). The topological polar surface area (TPSA) is 81.6 Å². The molecule has 1 aliphatic heterocycles. The third-order valence-electron chi connectivity index (χ3n) is 3.57. The van der Waals surface area contributed by atoms with Crippen LogP contribution in [-0.4, -0.2) is 51.4 Å². The van der Waals surface area contributed by atoms with E-state index in [1.807, 2.05) is 42.2 Å². The van der Waals surface area contributed by atoms with Gasteiger partial charge in [0, 0.05) is 13.1 Å². The summed E-state index contributed by atoms with van der Waals surface area (Å²) in [6.45, 7) is 4.64. The number of rotatable bonds is 3. The van der Waals surface area contributed by atoms with Crippen LogP contribution in [0.25, 0.3) is 5.69 Å². The van der Waals surface area contributed by atoms with Crippen LogP contribution in [0.2, 0.25) is 0 Å². The highest BCUT2D eigenvalue weighted by Gasteiger charge is 2.18. The van der Waals surface area contributed by atoms with Crippen molar-refractivity contribution in [3.63, 3.8) is 0 Å². The summed E-state index contributed by atoms with van der Waals surface area (Å²) < 4.78 is 7.28. The molecule has 7 heteroatoms. The van der Waals surface area contributed by atoms with Crippen LogP contribution in [0.15, 0.2) is 41.7 Å². The fourth-order valence-corrected chi connectivity index (χ4v) is 2.44. The van der Waals surface area contributed by atoms with Crippen molar-refractivity contribution >= 4 is 5.96 Å². The second-order valence-corrected chi connectivity index (χ2v) is 5.23. The summed E-state index contributed by atoms with van der Waals surface area (Å²) in [4.78, 5) is 10.8. The number of nitrogens with zero attached hydrogens (tertiary/aromatic N) is 5. The number of hydrogen-bond donors (Lipinski definition) is 1. The molecule has 1 fully saturated rings. The van der Waals surface area contributed by atoms with Gasteiger partial charge in [-0.2, -0.15) is 5.10 Å². The normalized spacial score (nSPS) is 19.4. The van der Waals surface area contributed by atoms with Gasteiger partial charge in [-0.1, -0.05) is 18.2 Å². The van der Waals surface area contributed by atoms with Crippen LogP contribution >= 0.6 is 0 Å². The van der Waals surface area contributed by atoms with Gasteiger partial charge in [-0.15, -0.1) is 0 Å². The van der Waals surface area contributed by atoms with Gasteiger partial charge >= 0.3 is 0 Å². The van der Waals surface area contributed by atoms with Gasteiger partial charge in [-0.05, 0) is 19.1 Å². The van der Waals surface area contributed by atoms with Gasteiger partial charge in [-0.3, -0.25) is 0 Å². The van der Waals surface area contributed by atoms with Gasteiger partial charge in [-0.25, -0.2) is 14.7 Å². The van der Waals surface area contributed by atoms with Gasteiger partial charge in [0.15, 0.2) is 11.8 Å². The highest BCUT2D eigenvalue weighted by molar-refractivity contribution is 5.78. The Balaban J connectivity index is 1.71. The lowest BCUT2D eigenvalue weighted by Gasteiger charge is -2.31. The van der Waals surface area contributed by atoms with Gasteiger partial charge in [0.05, 0.1) is 18.4 Å². The smallest absolute Gasteiger partial charge is 0.191 e. The number of morpholine rings is 1. The Morgan fingerprint density at radius 1 is 1.41 bits per heavy atom. The maximum absolute atomic E-state index is 6.08. The molecule has 0 spiro atoms. The molecule has 116 valence electrons. The summed E-state index contributed by atoms with van der Waals surface area (Å²) in [5.41, 5.74) is 7.04. The lowest BCUT2D eigenvalue weighted by Crippen LogP contribution is -2.47. The SMILES string of the molecule is CC1CN(C(N)=NCc2ncnn2-c2ccccc2)CCO1. The van der Waals surface area contributed by atoms with Crippen molar-refractivity contribution in [2.75, 3.05) is 19.7 Å². The number of hydrogen-bond acceptors (Lipinski definition) is 4. The van der Waals surface area contributed by atoms with E-state index in [1.165, 1.54) is 6.33 Å². The second kappa shape index (κ2) is 6.57. The van der Waals surface area contributed by atoms with Gasteiger partial charge in [0.2, 0.25) is 0 Å². The van der Waals surface area contributed by atoms with Gasteiger partial charge < -0.3 is 15.4 Å². The maximum Gasteiger partial charge on any atom is 0.191 e. The molecule has 7 nitrogen and oxygen atoms in total. The predicted octanol–water partition coefficient (Wildman–Crippen LogP) is 0.803. The van der Waals surface area contributed by atoms with Crippen LogP contribution in [-0.2, 0) is 11.3 Å². The van der Waals surface area contributed by atoms with E-state index < -0.39 is 0 Å². The average molecular weight is 300 g/mol. The Morgan fingerprint density at radius 3 is 3.00 bits per heavy atom. The number of benzene rings is 1. The third kappa shape index (κ3) is 3.25. The summed E-state index contributed by atoms with van der Waals surface area (Å²) in [6.07, 6.45) is 1.71. The molecule has 2 heterocycles. The fraction of sp³-hybridized carbons (Fsp3) is 0.400. The van der Waals surface area contributed by atoms with E-state index >= 15 is 0 Å². The quantitative estimate of drug-likeness (QED) is 0.670. The Morgan fingerprint density at radius 2 is 2.23 bits per heavy atom. The van der Waals surface area contributed by atoms with Crippen molar-refractivity contribution in [3.05, 3.63) is 42.5 Å². The highest BCUT2D eigenvalue weighted by atomic mass is 16.5. The lowest BCUT2D eigenvalue weighted by molar-refractivity contribution is 0.00528. The number of ether oxygens (including phenoxy) is 1. The molecule has 22 heavy (non-hydrogen) atoms. The van der Waals surface area contributed by atoms with Crippen LogP contribution in [0.1, 0.15) is 12.7 Å². The Hall–Kier alpha value is -2.41. The molecular formula is C15H20N6O. The van der Waals surface area contributed by atoms with Crippen LogP contribution in [0.4, 0.5) is 0 Å². The minimum atomic E-state index is 0.176. The molecule has 1 saturated heterocycles. The Labute approximate surface area is 129 Å². The van der Waals surface area contributed by atoms with E-state index in [0.29, 0.717) is 19.1 Å². The van der Waals surface area contributed by atoms with Crippen molar-refractivity contribution in [3.8, 4) is 5.69 Å². The van der Waals surface area contributed by atoms with Crippen molar-refractivity contribution < 1.29 is 4.74 Å². The number of guanidine groups is 1. The largest absolute Gasteiger partial charge is 0.375 e. The molecule has 1 aromatic carbocycles. The van der Waals surface area contributed by atoms with Crippen LogP contribution in [0.5, 0.6) is 0 Å². The summed E-state index contributed by atoms with van der Waals surface area (Å²) in [5.74, 6) is 1.29. The number of para-hydroxylation sites is 1. The molecular weight excluding hydrogens is 280 g/mol. The maximum atomic E-state index is 6.08. The average Bonchev–Trinajstić information content (AvgIpc) is 3.02. The van der Waals surface area contributed by atoms with E-state index in [0.717, 1.165) is 24.6 Å². The van der Waals surface area contributed by atoms with E-state index in [4.69, 9.17) is 10.5 Å². The van der Waals surface area contributed by atoms with Crippen LogP contribution < -0.4 is 5.73 Å². The van der Waals surface area contributed by atoms with Crippen LogP contribution in [0, 0.1) is 0 Å². The summed E-state index contributed by atoms with van der Waals surface area (Å²) in [6, 6.07) is 9.86. The molecule has 1 aliphatic rings. The Bertz CT molecular complexity index is 638. The van der Waals surface area contributed by atoms with Crippen molar-refractivity contribution in [1.82, 2.24) is 19.7 Å². The molecule has 0 radical (unpaired) electrons. The highest BCUT2D eigenvalue weighted by Crippen LogP contribution is 2.09. The zero-order valence-corrected chi connectivity index (χ0v) is 12.6. The first kappa shape index (κ1) is 14.5. The van der Waals surface area contributed by atoms with Crippen molar-refractivity contribution in [2.24, 2.45) is 10.7 Å². The first-order valence-corrected chi connectivity index (χ1v) is 7.35. The van der Waals surface area contributed by atoms with Crippen LogP contribution in [0.3, 0.4) is 0 Å². The molecule has 0 aliphatic carbocycles. The van der Waals surface area contributed by atoms with E-state index in [2.05, 4.69) is 15.1 Å². The molecule has 2 N–H and O–H groups in total. The molecule has 1 unspecified atom stereocenters. The first-order valence-electron chi connectivity index (χ1n) is 7.35. The number of aromatic nitrogens is 3. The van der Waals surface area contributed by atoms with Gasteiger partial charge in [0.25, 0.3) is 0 Å². The van der Waals surface area contributed by atoms with E-state index in [9.17, 15) is 0 Å². The Kier molecular flexibility index (Phi) is 4.34. The second-order valence-electron chi connectivity index (χ2n) is 5.23. The molecule has 2 aromatic rings. The molecule has 1 aromatic heterocycles. The molecule has 0 bridgehead atoms. The summed E-state index contributed by atoms with van der Waals surface area (Å²) >= 11 is 0. The van der Waals surface area contributed by atoms with Crippen molar-refractivity contribution in [2.45, 2.75) is 19.6 Å². The number of nitrogens with two attached hydrogens (primary N) is 1. The minimum Gasteiger partial charge on any atom is -0.375 e. The zero-order chi connectivity index (χ0) is 15.4. The number of aliphatic imine (C=N–C) groups is 1. The molecule has 0 saturated carbocycles. The first-order chi connectivity index (χ1) is 10.7. The third-order valence-corrected chi connectivity index (χ3v) is 3.57. The lowest BCUT2D eigenvalue weighted by atomic mass is 10.3. The zero-order valence-electron chi connectivity index (χ0n) is 12.6. The summed E-state index contributed by atoms with van der Waals surface area (Å²) in [5, 5.41) is 4.25. The fourth-order valence-electron chi connectivity index (χ4n) is 2.44. The van der Waals surface area contributed by atoms with E-state index in [-0.39, 0.29) is 6.10 Å².